The summed E-state index contributed by atoms with van der Waals surface area (Å²) >= 11 is 2.42. The summed E-state index contributed by atoms with van der Waals surface area (Å²) in [7, 11) is 0. The lowest BCUT2D eigenvalue weighted by Gasteiger charge is -2.10. The monoisotopic (exact) mass is 325 g/mol. The van der Waals surface area contributed by atoms with Crippen LogP contribution in [0, 0.1) is 20.8 Å². The molecular weight excluding hydrogens is 310 g/mol. The second-order valence-electron chi connectivity index (χ2n) is 4.61. The number of aromatic nitrogens is 2. The van der Waals surface area contributed by atoms with Gasteiger partial charge in [-0.25, -0.2) is 14.8 Å². The first-order valence-corrected chi connectivity index (χ1v) is 7.88. The van der Waals surface area contributed by atoms with E-state index >= 15 is 0 Å². The van der Waals surface area contributed by atoms with Crippen molar-refractivity contribution in [1.82, 2.24) is 15.3 Å². The van der Waals surface area contributed by atoms with Crippen molar-refractivity contribution in [2.45, 2.75) is 33.7 Å². The summed E-state index contributed by atoms with van der Waals surface area (Å²) in [6.45, 7) is 7.07. The van der Waals surface area contributed by atoms with Crippen LogP contribution in [0.4, 0.5) is 0 Å². The van der Waals surface area contributed by atoms with Crippen LogP contribution in [-0.2, 0) is 0 Å². The molecule has 0 saturated carbocycles. The fourth-order valence-corrected chi connectivity index (χ4v) is 3.60. The molecule has 2 rings (SSSR count). The molecule has 0 spiro atoms. The molecule has 1 amide bonds. The molecule has 6 nitrogen and oxygen atoms in total. The van der Waals surface area contributed by atoms with Gasteiger partial charge in [-0.2, -0.15) is 0 Å². The standard InChI is InChI=1S/C13H15N3O3S2/c1-5-9(20-8(4)14-5)11(17)15-7(3)12-16-6(2)10(21-12)13(18)19/h7H,1-4H3,(H,15,17)(H,18,19). The molecule has 0 aromatic carbocycles. The minimum absolute atomic E-state index is 0.205. The molecule has 0 aliphatic carbocycles. The Bertz CT molecular complexity index is 706. The largest absolute Gasteiger partial charge is 0.477 e. The van der Waals surface area contributed by atoms with Crippen LogP contribution >= 0.6 is 22.7 Å². The van der Waals surface area contributed by atoms with Crippen LogP contribution in [-0.4, -0.2) is 27.0 Å². The number of carboxylic acids is 1. The number of amides is 1. The van der Waals surface area contributed by atoms with E-state index in [1.165, 1.54) is 11.3 Å². The molecule has 2 aromatic heterocycles. The summed E-state index contributed by atoms with van der Waals surface area (Å²) in [6.07, 6.45) is 0. The molecule has 112 valence electrons. The maximum atomic E-state index is 12.2. The van der Waals surface area contributed by atoms with Crippen molar-refractivity contribution in [2.24, 2.45) is 0 Å². The second-order valence-corrected chi connectivity index (χ2v) is 6.85. The van der Waals surface area contributed by atoms with E-state index in [1.54, 1.807) is 20.8 Å². The first kappa shape index (κ1) is 15.6. The zero-order chi connectivity index (χ0) is 15.7. The predicted octanol–water partition coefficient (Wildman–Crippen LogP) is 2.71. The van der Waals surface area contributed by atoms with Crippen LogP contribution in [0.2, 0.25) is 0 Å². The van der Waals surface area contributed by atoms with Crippen molar-refractivity contribution in [3.63, 3.8) is 0 Å². The normalized spacial score (nSPS) is 12.2. The Hall–Kier alpha value is -1.80. The molecule has 0 aliphatic rings. The van der Waals surface area contributed by atoms with Crippen molar-refractivity contribution in [3.8, 4) is 0 Å². The van der Waals surface area contributed by atoms with Gasteiger partial charge in [-0.1, -0.05) is 0 Å². The summed E-state index contributed by atoms with van der Waals surface area (Å²) in [5.74, 6) is -1.21. The lowest BCUT2D eigenvalue weighted by molar-refractivity contribution is 0.0701. The van der Waals surface area contributed by atoms with E-state index < -0.39 is 5.97 Å². The molecule has 0 bridgehead atoms. The van der Waals surface area contributed by atoms with Gasteiger partial charge < -0.3 is 10.4 Å². The maximum absolute atomic E-state index is 12.2. The summed E-state index contributed by atoms with van der Waals surface area (Å²) < 4.78 is 0. The minimum atomic E-state index is -0.997. The Kier molecular flexibility index (Phi) is 4.38. The van der Waals surface area contributed by atoms with E-state index in [1.807, 2.05) is 6.92 Å². The summed E-state index contributed by atoms with van der Waals surface area (Å²) in [6, 6.07) is -0.351. The van der Waals surface area contributed by atoms with E-state index in [9.17, 15) is 9.59 Å². The van der Waals surface area contributed by atoms with Crippen LogP contribution in [0.3, 0.4) is 0 Å². The predicted molar refractivity (Wildman–Crippen MR) is 81.3 cm³/mol. The lowest BCUT2D eigenvalue weighted by atomic mass is 10.3. The number of carbonyl (C=O) groups is 2. The van der Waals surface area contributed by atoms with Crippen LogP contribution < -0.4 is 5.32 Å². The quantitative estimate of drug-likeness (QED) is 0.901. The SMILES string of the molecule is Cc1nc(C)c(C(=O)NC(C)c2nc(C)c(C(=O)O)s2)s1. The molecule has 0 radical (unpaired) electrons. The highest BCUT2D eigenvalue weighted by molar-refractivity contribution is 7.14. The van der Waals surface area contributed by atoms with E-state index in [0.717, 1.165) is 16.3 Å². The van der Waals surface area contributed by atoms with Gasteiger partial charge in [-0.15, -0.1) is 22.7 Å². The number of aromatic carboxylic acids is 1. The molecular formula is C13H15N3O3S2. The first-order chi connectivity index (χ1) is 9.79. The van der Waals surface area contributed by atoms with Crippen LogP contribution in [0.15, 0.2) is 0 Å². The highest BCUT2D eigenvalue weighted by Crippen LogP contribution is 2.24. The molecule has 2 aromatic rings. The number of thiazole rings is 2. The molecule has 8 heteroatoms. The molecule has 0 aliphatic heterocycles. The molecule has 21 heavy (non-hydrogen) atoms. The third-order valence-electron chi connectivity index (χ3n) is 2.84. The van der Waals surface area contributed by atoms with Crippen molar-refractivity contribution in [1.29, 1.82) is 0 Å². The zero-order valence-electron chi connectivity index (χ0n) is 12.1. The Morgan fingerprint density at radius 2 is 1.71 bits per heavy atom. The number of nitrogens with one attached hydrogen (secondary N) is 1. The number of carboxylic acid groups (broad SMARTS) is 1. The van der Waals surface area contributed by atoms with E-state index in [-0.39, 0.29) is 16.8 Å². The van der Waals surface area contributed by atoms with Gasteiger partial charge >= 0.3 is 5.97 Å². The molecule has 1 unspecified atom stereocenters. The highest BCUT2D eigenvalue weighted by atomic mass is 32.1. The summed E-state index contributed by atoms with van der Waals surface area (Å²) in [5.41, 5.74) is 1.16. The van der Waals surface area contributed by atoms with Crippen molar-refractivity contribution in [3.05, 3.63) is 31.2 Å². The van der Waals surface area contributed by atoms with E-state index in [0.29, 0.717) is 21.3 Å². The minimum Gasteiger partial charge on any atom is -0.477 e. The van der Waals surface area contributed by atoms with Gasteiger partial charge in [0, 0.05) is 0 Å². The lowest BCUT2D eigenvalue weighted by Crippen LogP contribution is -2.26. The molecule has 2 heterocycles. The number of aryl methyl sites for hydroxylation is 3. The fraction of sp³-hybridized carbons (Fsp3) is 0.385. The van der Waals surface area contributed by atoms with E-state index in [2.05, 4.69) is 15.3 Å². The second kappa shape index (κ2) is 5.90. The maximum Gasteiger partial charge on any atom is 0.347 e. The Labute approximate surface area is 129 Å². The van der Waals surface area contributed by atoms with Gasteiger partial charge in [0.05, 0.1) is 22.4 Å². The van der Waals surface area contributed by atoms with Crippen LogP contribution in [0.5, 0.6) is 0 Å². The Morgan fingerprint density at radius 3 is 2.19 bits per heavy atom. The van der Waals surface area contributed by atoms with Gasteiger partial charge in [0.1, 0.15) is 14.8 Å². The number of hydrogen-bond acceptors (Lipinski definition) is 6. The number of nitrogens with zero attached hydrogens (tertiary/aromatic N) is 2. The summed E-state index contributed by atoms with van der Waals surface area (Å²) in [4.78, 5) is 32.5. The Morgan fingerprint density at radius 1 is 1.10 bits per heavy atom. The highest BCUT2D eigenvalue weighted by Gasteiger charge is 2.21. The van der Waals surface area contributed by atoms with Gasteiger partial charge in [-0.3, -0.25) is 4.79 Å². The smallest absolute Gasteiger partial charge is 0.347 e. The van der Waals surface area contributed by atoms with Crippen molar-refractivity contribution < 1.29 is 14.7 Å². The van der Waals surface area contributed by atoms with Gasteiger partial charge in [-0.05, 0) is 27.7 Å². The Balaban J connectivity index is 2.16. The average molecular weight is 325 g/mol. The zero-order valence-corrected chi connectivity index (χ0v) is 13.7. The topological polar surface area (TPSA) is 92.2 Å². The third kappa shape index (κ3) is 3.27. The third-order valence-corrected chi connectivity index (χ3v) is 5.23. The van der Waals surface area contributed by atoms with E-state index in [4.69, 9.17) is 5.11 Å². The van der Waals surface area contributed by atoms with Gasteiger partial charge in [0.2, 0.25) is 0 Å². The van der Waals surface area contributed by atoms with Crippen LogP contribution in [0.1, 0.15) is 53.7 Å². The van der Waals surface area contributed by atoms with Crippen molar-refractivity contribution >= 4 is 34.6 Å². The first-order valence-electron chi connectivity index (χ1n) is 6.25. The number of rotatable bonds is 4. The van der Waals surface area contributed by atoms with Gasteiger partial charge in [0.25, 0.3) is 5.91 Å². The van der Waals surface area contributed by atoms with Crippen molar-refractivity contribution in [2.75, 3.05) is 0 Å². The average Bonchev–Trinajstić information content (AvgIpc) is 2.92. The number of hydrogen-bond donors (Lipinski definition) is 2. The van der Waals surface area contributed by atoms with Crippen LogP contribution in [0.25, 0.3) is 0 Å². The molecule has 1 atom stereocenters. The number of carbonyl (C=O) groups excluding carboxylic acids is 1. The molecule has 0 saturated heterocycles. The molecule has 2 N–H and O–H groups in total. The fourth-order valence-electron chi connectivity index (χ4n) is 1.87. The van der Waals surface area contributed by atoms with Gasteiger partial charge in [0.15, 0.2) is 0 Å². The molecule has 0 fully saturated rings. The summed E-state index contributed by atoms with van der Waals surface area (Å²) in [5, 5.41) is 13.3.